The van der Waals surface area contributed by atoms with Gasteiger partial charge in [-0.05, 0) is 26.3 Å². The fraction of sp³-hybridized carbons (Fsp3) is 1.00. The van der Waals surface area contributed by atoms with Crippen molar-refractivity contribution in [1.82, 2.24) is 5.32 Å². The van der Waals surface area contributed by atoms with E-state index in [0.717, 1.165) is 25.9 Å². The minimum atomic E-state index is -0.229. The molecule has 4 nitrogen and oxygen atoms in total. The summed E-state index contributed by atoms with van der Waals surface area (Å²) >= 11 is 0. The number of piperidine rings is 1. The zero-order valence-corrected chi connectivity index (χ0v) is 8.79. The summed E-state index contributed by atoms with van der Waals surface area (Å²) in [7, 11) is 0. The Hall–Kier alpha value is -0.160. The van der Waals surface area contributed by atoms with Gasteiger partial charge in [-0.2, -0.15) is 0 Å². The highest BCUT2D eigenvalue weighted by atomic mass is 16.6. The molecule has 2 aliphatic heterocycles. The molecule has 0 aromatic rings. The molecule has 0 spiro atoms. The summed E-state index contributed by atoms with van der Waals surface area (Å²) in [5, 5.41) is 3.33. The van der Waals surface area contributed by atoms with Gasteiger partial charge in [-0.15, -0.1) is 0 Å². The maximum Gasteiger partial charge on any atom is 0.100 e. The lowest BCUT2D eigenvalue weighted by Crippen LogP contribution is -2.64. The first-order chi connectivity index (χ1) is 6.71. The van der Waals surface area contributed by atoms with Gasteiger partial charge in [0.1, 0.15) is 6.10 Å². The first-order valence-corrected chi connectivity index (χ1v) is 5.43. The Kier molecular flexibility index (Phi) is 3.07. The fourth-order valence-electron chi connectivity index (χ4n) is 2.23. The summed E-state index contributed by atoms with van der Waals surface area (Å²) in [6.45, 7) is 5.28. The summed E-state index contributed by atoms with van der Waals surface area (Å²) in [6, 6.07) is 0. The Morgan fingerprint density at radius 1 is 1.43 bits per heavy atom. The van der Waals surface area contributed by atoms with E-state index in [1.165, 1.54) is 0 Å². The maximum absolute atomic E-state index is 6.33. The number of ether oxygens (including phenoxy) is 2. The van der Waals surface area contributed by atoms with Crippen molar-refractivity contribution in [2.75, 3.05) is 26.3 Å². The Balaban J connectivity index is 1.97. The third-order valence-electron chi connectivity index (χ3n) is 3.11. The van der Waals surface area contributed by atoms with E-state index >= 15 is 0 Å². The Morgan fingerprint density at radius 3 is 2.93 bits per heavy atom. The molecule has 0 aromatic heterocycles. The molecule has 3 unspecified atom stereocenters. The molecule has 0 amide bonds. The molecular formula is C10H20N2O2. The summed E-state index contributed by atoms with van der Waals surface area (Å²) < 4.78 is 11.3. The molecule has 82 valence electrons. The number of hydrogen-bond donors (Lipinski definition) is 2. The number of hydrogen-bond acceptors (Lipinski definition) is 4. The van der Waals surface area contributed by atoms with Crippen molar-refractivity contribution in [3.05, 3.63) is 0 Å². The van der Waals surface area contributed by atoms with Gasteiger partial charge in [0.25, 0.3) is 0 Å². The quantitative estimate of drug-likeness (QED) is 0.619. The third kappa shape index (κ3) is 2.08. The number of nitrogens with two attached hydrogens (primary N) is 1. The second-order valence-electron chi connectivity index (χ2n) is 4.49. The molecule has 0 aromatic carbocycles. The van der Waals surface area contributed by atoms with Crippen molar-refractivity contribution in [2.45, 2.75) is 37.5 Å². The van der Waals surface area contributed by atoms with Crippen molar-refractivity contribution in [2.24, 2.45) is 5.73 Å². The van der Waals surface area contributed by atoms with Crippen LogP contribution in [-0.4, -0.2) is 44.1 Å². The molecule has 2 aliphatic rings. The first-order valence-electron chi connectivity index (χ1n) is 5.43. The normalized spacial score (nSPS) is 45.0. The molecule has 2 heterocycles. The predicted molar refractivity (Wildman–Crippen MR) is 54.2 cm³/mol. The van der Waals surface area contributed by atoms with Crippen LogP contribution in [0.15, 0.2) is 0 Å². The van der Waals surface area contributed by atoms with Crippen molar-refractivity contribution in [1.29, 1.82) is 0 Å². The van der Waals surface area contributed by atoms with E-state index in [0.29, 0.717) is 13.2 Å². The zero-order valence-electron chi connectivity index (χ0n) is 8.79. The lowest BCUT2D eigenvalue weighted by Gasteiger charge is -2.43. The van der Waals surface area contributed by atoms with Crippen LogP contribution < -0.4 is 11.1 Å². The van der Waals surface area contributed by atoms with Gasteiger partial charge in [-0.25, -0.2) is 0 Å². The summed E-state index contributed by atoms with van der Waals surface area (Å²) in [5.74, 6) is 0. The van der Waals surface area contributed by atoms with E-state index in [2.05, 4.69) is 5.32 Å². The zero-order chi connectivity index (χ0) is 10.0. The van der Waals surface area contributed by atoms with Crippen molar-refractivity contribution in [3.63, 3.8) is 0 Å². The topological polar surface area (TPSA) is 56.5 Å². The average Bonchev–Trinajstić information content (AvgIpc) is 2.19. The molecule has 0 aliphatic carbocycles. The average molecular weight is 200 g/mol. The highest BCUT2D eigenvalue weighted by Crippen LogP contribution is 2.23. The van der Waals surface area contributed by atoms with Crippen molar-refractivity contribution < 1.29 is 9.47 Å². The second-order valence-corrected chi connectivity index (χ2v) is 4.49. The second kappa shape index (κ2) is 4.14. The number of nitrogens with one attached hydrogen (secondary N) is 1. The van der Waals surface area contributed by atoms with Crippen LogP contribution in [-0.2, 0) is 9.47 Å². The van der Waals surface area contributed by atoms with Gasteiger partial charge in [-0.1, -0.05) is 0 Å². The molecule has 0 bridgehead atoms. The fourth-order valence-corrected chi connectivity index (χ4v) is 2.23. The van der Waals surface area contributed by atoms with Crippen LogP contribution >= 0.6 is 0 Å². The SMILES string of the molecule is CC1COCC(C2(N)CCCNC2)O1. The molecule has 0 saturated carbocycles. The van der Waals surface area contributed by atoms with Crippen LogP contribution in [0.4, 0.5) is 0 Å². The van der Waals surface area contributed by atoms with E-state index in [-0.39, 0.29) is 17.7 Å². The van der Waals surface area contributed by atoms with Crippen LogP contribution in [0.1, 0.15) is 19.8 Å². The van der Waals surface area contributed by atoms with Gasteiger partial charge in [0.05, 0.1) is 24.9 Å². The maximum atomic E-state index is 6.33. The third-order valence-corrected chi connectivity index (χ3v) is 3.11. The number of rotatable bonds is 1. The van der Waals surface area contributed by atoms with Gasteiger partial charge in [0, 0.05) is 6.54 Å². The largest absolute Gasteiger partial charge is 0.376 e. The summed E-state index contributed by atoms with van der Waals surface area (Å²) in [6.07, 6.45) is 2.39. The molecule has 2 saturated heterocycles. The first kappa shape index (κ1) is 10.4. The van der Waals surface area contributed by atoms with Crippen LogP contribution in [0.3, 0.4) is 0 Å². The molecule has 2 rings (SSSR count). The minimum Gasteiger partial charge on any atom is -0.376 e. The van der Waals surface area contributed by atoms with Crippen molar-refractivity contribution in [3.8, 4) is 0 Å². The monoisotopic (exact) mass is 200 g/mol. The van der Waals surface area contributed by atoms with E-state index in [1.807, 2.05) is 6.92 Å². The van der Waals surface area contributed by atoms with Gasteiger partial charge in [0.15, 0.2) is 0 Å². The lowest BCUT2D eigenvalue weighted by atomic mass is 9.85. The Morgan fingerprint density at radius 2 is 2.29 bits per heavy atom. The highest BCUT2D eigenvalue weighted by Gasteiger charge is 2.39. The van der Waals surface area contributed by atoms with Crippen LogP contribution in [0.25, 0.3) is 0 Å². The molecule has 14 heavy (non-hydrogen) atoms. The van der Waals surface area contributed by atoms with Gasteiger partial charge in [0.2, 0.25) is 0 Å². The van der Waals surface area contributed by atoms with Crippen molar-refractivity contribution >= 4 is 0 Å². The molecule has 3 atom stereocenters. The molecule has 0 radical (unpaired) electrons. The summed E-state index contributed by atoms with van der Waals surface area (Å²) in [5.41, 5.74) is 6.10. The molecule has 2 fully saturated rings. The lowest BCUT2D eigenvalue weighted by molar-refractivity contribution is -0.157. The van der Waals surface area contributed by atoms with E-state index in [1.54, 1.807) is 0 Å². The Bertz CT molecular complexity index is 193. The van der Waals surface area contributed by atoms with E-state index < -0.39 is 0 Å². The van der Waals surface area contributed by atoms with Gasteiger partial charge < -0.3 is 20.5 Å². The molecular weight excluding hydrogens is 180 g/mol. The van der Waals surface area contributed by atoms with Crippen LogP contribution in [0, 0.1) is 0 Å². The molecule has 3 N–H and O–H groups in total. The Labute approximate surface area is 85.1 Å². The van der Waals surface area contributed by atoms with Gasteiger partial charge >= 0.3 is 0 Å². The van der Waals surface area contributed by atoms with Gasteiger partial charge in [-0.3, -0.25) is 0 Å². The molecule has 4 heteroatoms. The van der Waals surface area contributed by atoms with Crippen LogP contribution in [0.2, 0.25) is 0 Å². The predicted octanol–water partition coefficient (Wildman–Crippen LogP) is -0.129. The standard InChI is InChI=1S/C10H20N2O2/c1-8-5-13-6-9(14-8)10(11)3-2-4-12-7-10/h8-9,12H,2-7,11H2,1H3. The van der Waals surface area contributed by atoms with Crippen LogP contribution in [0.5, 0.6) is 0 Å². The smallest absolute Gasteiger partial charge is 0.100 e. The van der Waals surface area contributed by atoms with E-state index in [9.17, 15) is 0 Å². The minimum absolute atomic E-state index is 0.0547. The highest BCUT2D eigenvalue weighted by molar-refractivity contribution is 4.98. The van der Waals surface area contributed by atoms with E-state index in [4.69, 9.17) is 15.2 Å². The summed E-state index contributed by atoms with van der Waals surface area (Å²) in [4.78, 5) is 0.